The van der Waals surface area contributed by atoms with Gasteiger partial charge in [-0.05, 0) is 50.8 Å². The molecule has 1 aromatic heterocycles. The van der Waals surface area contributed by atoms with Crippen molar-refractivity contribution in [1.29, 1.82) is 5.26 Å². The molecule has 2 heterocycles. The second-order valence-corrected chi connectivity index (χ2v) is 9.03. The lowest BCUT2D eigenvalue weighted by atomic mass is 9.72. The lowest BCUT2D eigenvalue weighted by Gasteiger charge is -2.44. The third-order valence-corrected chi connectivity index (χ3v) is 6.54. The molecule has 0 spiro atoms. The topological polar surface area (TPSA) is 106 Å². The lowest BCUT2D eigenvalue weighted by molar-refractivity contribution is -0.160. The molecule has 1 aromatic carbocycles. The van der Waals surface area contributed by atoms with E-state index < -0.39 is 5.82 Å². The number of hydrogen-bond donors (Lipinski definition) is 1. The van der Waals surface area contributed by atoms with Crippen LogP contribution in [0, 0.1) is 41.8 Å². The molecule has 0 amide bonds. The van der Waals surface area contributed by atoms with Crippen molar-refractivity contribution in [2.45, 2.75) is 44.8 Å². The van der Waals surface area contributed by atoms with Crippen LogP contribution in [0.3, 0.4) is 0 Å². The van der Waals surface area contributed by atoms with Crippen molar-refractivity contribution >= 4 is 17.5 Å². The number of halogens is 1. The maximum Gasteiger partial charge on any atom is 0.309 e. The van der Waals surface area contributed by atoms with E-state index in [1.807, 2.05) is 13.0 Å². The number of ether oxygens (including phenoxy) is 3. The Morgan fingerprint density at radius 3 is 2.67 bits per heavy atom. The fourth-order valence-electron chi connectivity index (χ4n) is 4.63. The van der Waals surface area contributed by atoms with Gasteiger partial charge >= 0.3 is 5.97 Å². The van der Waals surface area contributed by atoms with Crippen LogP contribution in [0.25, 0.3) is 0 Å². The number of rotatable bonds is 6. The number of aromatic nitrogens is 2. The summed E-state index contributed by atoms with van der Waals surface area (Å²) in [5.41, 5.74) is 1.10. The molecule has 8 nitrogen and oxygen atoms in total. The zero-order chi connectivity index (χ0) is 22.9. The van der Waals surface area contributed by atoms with Crippen molar-refractivity contribution in [1.82, 2.24) is 9.97 Å². The third kappa shape index (κ3) is 4.62. The molecule has 3 aliphatic rings. The van der Waals surface area contributed by atoms with Gasteiger partial charge in [0.25, 0.3) is 0 Å². The molecule has 2 atom stereocenters. The molecule has 2 aromatic rings. The predicted octanol–water partition coefficient (Wildman–Crippen LogP) is 3.67. The quantitative estimate of drug-likeness (QED) is 0.662. The van der Waals surface area contributed by atoms with Crippen molar-refractivity contribution in [3.63, 3.8) is 0 Å². The molecule has 9 heteroatoms. The van der Waals surface area contributed by atoms with Crippen LogP contribution in [-0.4, -0.2) is 41.4 Å². The van der Waals surface area contributed by atoms with E-state index in [-0.39, 0.29) is 47.2 Å². The highest BCUT2D eigenvalue weighted by molar-refractivity contribution is 5.73. The lowest BCUT2D eigenvalue weighted by Crippen LogP contribution is -2.50. The summed E-state index contributed by atoms with van der Waals surface area (Å²) in [4.78, 5) is 21.0. The Hall–Kier alpha value is -3.25. The fraction of sp³-hybridized carbons (Fsp3) is 0.500. The highest BCUT2D eigenvalue weighted by atomic mass is 19.1. The van der Waals surface area contributed by atoms with E-state index in [1.165, 1.54) is 24.5 Å². The molecule has 0 radical (unpaired) electrons. The first-order valence-corrected chi connectivity index (χ1v) is 11.2. The maximum absolute atomic E-state index is 14.3. The SMILES string of the molecule is Cc1c(Nc2ccc(C#N)cc2F)ncnc1OC1C2COCC1CC(C(=O)OC1CC1)C2. The third-order valence-electron chi connectivity index (χ3n) is 6.54. The Balaban J connectivity index is 1.30. The Kier molecular flexibility index (Phi) is 5.85. The van der Waals surface area contributed by atoms with Crippen LogP contribution in [0.4, 0.5) is 15.9 Å². The van der Waals surface area contributed by atoms with Gasteiger partial charge in [-0.3, -0.25) is 4.79 Å². The molecule has 1 aliphatic heterocycles. The zero-order valence-electron chi connectivity index (χ0n) is 18.3. The molecule has 172 valence electrons. The van der Waals surface area contributed by atoms with Gasteiger partial charge in [-0.2, -0.15) is 5.26 Å². The van der Waals surface area contributed by atoms with Crippen molar-refractivity contribution < 1.29 is 23.4 Å². The summed E-state index contributed by atoms with van der Waals surface area (Å²) in [6, 6.07) is 6.12. The standard InChI is InChI=1S/C24H25FN4O4/c1-13-22(29-20-5-2-14(9-26)6-19(20)25)27-12-28-23(13)33-21-16-7-15(8-17(21)11-31-10-16)24(30)32-18-3-4-18/h2,5-6,12,15-18,21H,3-4,7-8,10-11H2,1H3,(H,27,28,29). The molecular formula is C24H25FN4O4. The summed E-state index contributed by atoms with van der Waals surface area (Å²) in [7, 11) is 0. The monoisotopic (exact) mass is 452 g/mol. The van der Waals surface area contributed by atoms with Crippen LogP contribution in [0.2, 0.25) is 0 Å². The number of fused-ring (bicyclic) bond motifs is 2. The summed E-state index contributed by atoms with van der Waals surface area (Å²) in [6.07, 6.45) is 4.62. The number of nitrogens with zero attached hydrogens (tertiary/aromatic N) is 3. The van der Waals surface area contributed by atoms with Crippen LogP contribution in [0.1, 0.15) is 36.8 Å². The van der Waals surface area contributed by atoms with Gasteiger partial charge in [0.1, 0.15) is 30.2 Å². The number of anilines is 2. The van der Waals surface area contributed by atoms with Crippen molar-refractivity contribution in [2.75, 3.05) is 18.5 Å². The first kappa shape index (κ1) is 21.6. The Morgan fingerprint density at radius 1 is 1.24 bits per heavy atom. The molecule has 33 heavy (non-hydrogen) atoms. The van der Waals surface area contributed by atoms with E-state index in [1.54, 1.807) is 0 Å². The van der Waals surface area contributed by atoms with Crippen molar-refractivity contribution in [3.8, 4) is 11.9 Å². The van der Waals surface area contributed by atoms with Crippen molar-refractivity contribution in [3.05, 3.63) is 41.5 Å². The average molecular weight is 452 g/mol. The molecule has 2 saturated carbocycles. The summed E-state index contributed by atoms with van der Waals surface area (Å²) >= 11 is 0. The van der Waals surface area contributed by atoms with Gasteiger partial charge in [0.2, 0.25) is 5.88 Å². The van der Waals surface area contributed by atoms with Gasteiger partial charge in [0.15, 0.2) is 0 Å². The fourth-order valence-corrected chi connectivity index (χ4v) is 4.63. The van der Waals surface area contributed by atoms with E-state index in [0.717, 1.165) is 12.8 Å². The molecular weight excluding hydrogens is 427 g/mol. The van der Waals surface area contributed by atoms with Crippen LogP contribution in [-0.2, 0) is 14.3 Å². The van der Waals surface area contributed by atoms with Gasteiger partial charge in [-0.15, -0.1) is 0 Å². The molecule has 1 N–H and O–H groups in total. The second kappa shape index (κ2) is 8.94. The number of benzene rings is 1. The minimum atomic E-state index is -0.544. The minimum absolute atomic E-state index is 0.0657. The second-order valence-electron chi connectivity index (χ2n) is 9.03. The predicted molar refractivity (Wildman–Crippen MR) is 115 cm³/mol. The van der Waals surface area contributed by atoms with Crippen LogP contribution in [0.15, 0.2) is 24.5 Å². The van der Waals surface area contributed by atoms with Gasteiger partial charge in [-0.25, -0.2) is 14.4 Å². The average Bonchev–Trinajstić information content (AvgIpc) is 3.61. The van der Waals surface area contributed by atoms with Crippen molar-refractivity contribution in [2.24, 2.45) is 17.8 Å². The number of hydrogen-bond acceptors (Lipinski definition) is 8. The molecule has 2 aliphatic carbocycles. The maximum atomic E-state index is 14.3. The summed E-state index contributed by atoms with van der Waals surface area (Å²) in [5.74, 6) is 0.216. The number of carbonyl (C=O) groups is 1. The molecule has 3 fully saturated rings. The van der Waals surface area contributed by atoms with E-state index in [0.29, 0.717) is 43.3 Å². The highest BCUT2D eigenvalue weighted by Gasteiger charge is 2.46. The molecule has 2 unspecified atom stereocenters. The first-order chi connectivity index (χ1) is 16.0. The largest absolute Gasteiger partial charge is 0.473 e. The minimum Gasteiger partial charge on any atom is -0.473 e. The number of nitrogens with one attached hydrogen (secondary N) is 1. The molecule has 5 rings (SSSR count). The van der Waals surface area contributed by atoms with Gasteiger partial charge in [0.05, 0.1) is 42.0 Å². The highest BCUT2D eigenvalue weighted by Crippen LogP contribution is 2.41. The first-order valence-electron chi connectivity index (χ1n) is 11.2. The van der Waals surface area contributed by atoms with Crippen LogP contribution in [0.5, 0.6) is 5.88 Å². The summed E-state index contributed by atoms with van der Waals surface area (Å²) in [6.45, 7) is 2.87. The van der Waals surface area contributed by atoms with Crippen LogP contribution < -0.4 is 10.1 Å². The number of esters is 1. The number of nitriles is 1. The molecule has 1 saturated heterocycles. The Morgan fingerprint density at radius 2 is 2.00 bits per heavy atom. The Labute approximate surface area is 191 Å². The molecule has 2 bridgehead atoms. The van der Waals surface area contributed by atoms with Gasteiger partial charge in [0, 0.05) is 11.8 Å². The van der Waals surface area contributed by atoms with Gasteiger partial charge in [-0.1, -0.05) is 0 Å². The zero-order valence-corrected chi connectivity index (χ0v) is 18.3. The Bertz CT molecular complexity index is 1090. The van der Waals surface area contributed by atoms with E-state index in [9.17, 15) is 9.18 Å². The normalized spacial score (nSPS) is 26.2. The summed E-state index contributed by atoms with van der Waals surface area (Å²) < 4.78 is 32.0. The smallest absolute Gasteiger partial charge is 0.309 e. The van der Waals surface area contributed by atoms with E-state index in [4.69, 9.17) is 19.5 Å². The van der Waals surface area contributed by atoms with Gasteiger partial charge < -0.3 is 19.5 Å². The van der Waals surface area contributed by atoms with Crippen LogP contribution >= 0.6 is 0 Å². The number of carbonyl (C=O) groups excluding carboxylic acids is 1. The van der Waals surface area contributed by atoms with E-state index in [2.05, 4.69) is 15.3 Å². The summed E-state index contributed by atoms with van der Waals surface area (Å²) in [5, 5.41) is 11.9. The van der Waals surface area contributed by atoms with E-state index >= 15 is 0 Å².